The number of ether oxygens (including phenoxy) is 1. The van der Waals surface area contributed by atoms with Gasteiger partial charge in [0.25, 0.3) is 0 Å². The third-order valence-electron chi connectivity index (χ3n) is 5.02. The van der Waals surface area contributed by atoms with Crippen molar-refractivity contribution >= 4 is 23.0 Å². The van der Waals surface area contributed by atoms with Crippen LogP contribution in [-0.4, -0.2) is 44.3 Å². The number of carbonyl (C=O) groups excluding carboxylic acids is 1. The Kier molecular flexibility index (Phi) is 6.90. The zero-order valence-electron chi connectivity index (χ0n) is 18.8. The molecule has 0 radical (unpaired) electrons. The normalized spacial score (nSPS) is 11.4. The molecule has 3 aromatic rings. The summed E-state index contributed by atoms with van der Waals surface area (Å²) in [5.41, 5.74) is -1.34. The third-order valence-corrected chi connectivity index (χ3v) is 5.02. The molecule has 0 saturated carbocycles. The number of phenols is 1. The molecule has 0 unspecified atom stereocenters. The van der Waals surface area contributed by atoms with Crippen molar-refractivity contribution in [3.63, 3.8) is 0 Å². The monoisotopic (exact) mass is 474 g/mol. The number of aromatic hydroxyl groups is 1. The highest BCUT2D eigenvalue weighted by atomic mass is 19.2. The number of pyridine rings is 1. The molecular formula is C24H24F2N2O6. The minimum atomic E-state index is -1.61. The zero-order chi connectivity index (χ0) is 25.2. The highest BCUT2D eigenvalue weighted by Crippen LogP contribution is 2.26. The minimum Gasteiger partial charge on any atom is -0.506 e. The number of aromatic carboxylic acids is 1. The highest BCUT2D eigenvalue weighted by Gasteiger charge is 2.25. The predicted octanol–water partition coefficient (Wildman–Crippen LogP) is 4.19. The van der Waals surface area contributed by atoms with Crippen LogP contribution in [0.25, 0.3) is 10.9 Å². The summed E-state index contributed by atoms with van der Waals surface area (Å²) in [4.78, 5) is 39.2. The summed E-state index contributed by atoms with van der Waals surface area (Å²) in [5, 5.41) is 19.6. The molecule has 1 aromatic heterocycles. The van der Waals surface area contributed by atoms with Crippen molar-refractivity contribution in [1.82, 2.24) is 9.88 Å². The van der Waals surface area contributed by atoms with E-state index in [0.29, 0.717) is 10.9 Å². The fourth-order valence-electron chi connectivity index (χ4n) is 3.41. The first-order chi connectivity index (χ1) is 15.9. The Labute approximate surface area is 193 Å². The standard InChI is InChI=1S/C24H24F2N2O6/c1-24(2,3)34-23(33)28(12-14-4-6-16(22(31)32)20(26)19(14)25)11-10-13-5-8-17(29)21-15(13)7-9-18(30)27-21/h4-9,29H,10-12H2,1-3H3,(H,27,30)(H,31,32). The number of benzene rings is 2. The van der Waals surface area contributed by atoms with Crippen LogP contribution in [0.2, 0.25) is 0 Å². The molecule has 0 fully saturated rings. The molecule has 3 N–H and O–H groups in total. The van der Waals surface area contributed by atoms with Gasteiger partial charge in [0.05, 0.1) is 17.6 Å². The van der Waals surface area contributed by atoms with Crippen LogP contribution in [0.15, 0.2) is 41.2 Å². The number of rotatable bonds is 6. The summed E-state index contributed by atoms with van der Waals surface area (Å²) < 4.78 is 34.2. The van der Waals surface area contributed by atoms with Crippen molar-refractivity contribution in [3.05, 3.63) is 75.1 Å². The maximum atomic E-state index is 14.6. The van der Waals surface area contributed by atoms with E-state index in [4.69, 9.17) is 9.84 Å². The van der Waals surface area contributed by atoms with Crippen molar-refractivity contribution < 1.29 is 33.3 Å². The molecule has 3 rings (SSSR count). The number of aromatic amines is 1. The Morgan fingerprint density at radius 1 is 1.03 bits per heavy atom. The van der Waals surface area contributed by atoms with E-state index < -0.39 is 40.4 Å². The van der Waals surface area contributed by atoms with Gasteiger partial charge in [-0.15, -0.1) is 0 Å². The first kappa shape index (κ1) is 24.7. The number of hydrogen-bond donors (Lipinski definition) is 3. The second kappa shape index (κ2) is 9.50. The lowest BCUT2D eigenvalue weighted by Crippen LogP contribution is -2.38. The van der Waals surface area contributed by atoms with Gasteiger partial charge in [-0.05, 0) is 51.0 Å². The van der Waals surface area contributed by atoms with E-state index in [1.165, 1.54) is 17.0 Å². The van der Waals surface area contributed by atoms with Crippen LogP contribution in [0.1, 0.15) is 42.3 Å². The lowest BCUT2D eigenvalue weighted by Gasteiger charge is -2.28. The molecule has 0 atom stereocenters. The molecule has 8 nitrogen and oxygen atoms in total. The molecule has 180 valence electrons. The average Bonchev–Trinajstić information content (AvgIpc) is 2.74. The number of fused-ring (bicyclic) bond motifs is 1. The van der Waals surface area contributed by atoms with Crippen LogP contribution in [-0.2, 0) is 17.7 Å². The van der Waals surface area contributed by atoms with Gasteiger partial charge in [0.2, 0.25) is 5.56 Å². The van der Waals surface area contributed by atoms with E-state index in [1.807, 2.05) is 0 Å². The van der Waals surface area contributed by atoms with Crippen molar-refractivity contribution in [2.45, 2.75) is 39.3 Å². The van der Waals surface area contributed by atoms with Crippen LogP contribution in [0.3, 0.4) is 0 Å². The van der Waals surface area contributed by atoms with Gasteiger partial charge in [0.15, 0.2) is 11.6 Å². The molecule has 1 amide bonds. The van der Waals surface area contributed by atoms with Crippen molar-refractivity contribution in [3.8, 4) is 5.75 Å². The maximum Gasteiger partial charge on any atom is 0.410 e. The van der Waals surface area contributed by atoms with E-state index in [1.54, 1.807) is 32.9 Å². The number of nitrogens with zero attached hydrogens (tertiary/aromatic N) is 1. The number of carboxylic acid groups (broad SMARTS) is 1. The van der Waals surface area contributed by atoms with Crippen molar-refractivity contribution in [2.75, 3.05) is 6.54 Å². The van der Waals surface area contributed by atoms with Crippen LogP contribution < -0.4 is 5.56 Å². The second-order valence-corrected chi connectivity index (χ2v) is 8.71. The summed E-state index contributed by atoms with van der Waals surface area (Å²) >= 11 is 0. The lowest BCUT2D eigenvalue weighted by atomic mass is 10.0. The van der Waals surface area contributed by atoms with Crippen LogP contribution in [0, 0.1) is 11.6 Å². The first-order valence-corrected chi connectivity index (χ1v) is 10.4. The topological polar surface area (TPSA) is 120 Å². The van der Waals surface area contributed by atoms with E-state index in [-0.39, 0.29) is 36.3 Å². The highest BCUT2D eigenvalue weighted by molar-refractivity contribution is 5.88. The smallest absolute Gasteiger partial charge is 0.410 e. The SMILES string of the molecule is CC(C)(C)OC(=O)N(CCc1ccc(O)c2[nH]c(=O)ccc12)Cc1ccc(C(=O)O)c(F)c1F. The van der Waals surface area contributed by atoms with E-state index in [2.05, 4.69) is 4.98 Å². The zero-order valence-corrected chi connectivity index (χ0v) is 18.8. The molecule has 2 aromatic carbocycles. The van der Waals surface area contributed by atoms with Crippen LogP contribution in [0.4, 0.5) is 13.6 Å². The van der Waals surface area contributed by atoms with Gasteiger partial charge in [0, 0.05) is 23.6 Å². The first-order valence-electron chi connectivity index (χ1n) is 10.4. The van der Waals surface area contributed by atoms with Gasteiger partial charge in [-0.2, -0.15) is 0 Å². The summed E-state index contributed by atoms with van der Waals surface area (Å²) in [7, 11) is 0. The Hall–Kier alpha value is -3.95. The molecule has 0 saturated heterocycles. The van der Waals surface area contributed by atoms with Crippen molar-refractivity contribution in [2.24, 2.45) is 0 Å². The minimum absolute atomic E-state index is 0.0235. The summed E-state index contributed by atoms with van der Waals surface area (Å²) in [6.45, 7) is 4.64. The molecule has 0 aliphatic rings. The van der Waals surface area contributed by atoms with Crippen molar-refractivity contribution in [1.29, 1.82) is 0 Å². The number of carboxylic acids is 1. The Bertz CT molecular complexity index is 1310. The molecule has 0 spiro atoms. The molecule has 0 aliphatic carbocycles. The summed E-state index contributed by atoms with van der Waals surface area (Å²) in [5.74, 6) is -4.59. The largest absolute Gasteiger partial charge is 0.506 e. The number of nitrogens with one attached hydrogen (secondary N) is 1. The van der Waals surface area contributed by atoms with Gasteiger partial charge in [-0.1, -0.05) is 12.1 Å². The average molecular weight is 474 g/mol. The quantitative estimate of drug-likeness (QED) is 0.493. The number of hydrogen-bond acceptors (Lipinski definition) is 5. The summed E-state index contributed by atoms with van der Waals surface area (Å²) in [6, 6.07) is 7.93. The summed E-state index contributed by atoms with van der Waals surface area (Å²) in [6.07, 6.45) is -0.537. The Morgan fingerprint density at radius 3 is 2.35 bits per heavy atom. The Morgan fingerprint density at radius 2 is 1.71 bits per heavy atom. The van der Waals surface area contributed by atoms with Gasteiger partial charge < -0.3 is 24.8 Å². The van der Waals surface area contributed by atoms with E-state index in [9.17, 15) is 28.3 Å². The molecule has 0 bridgehead atoms. The number of halogens is 2. The number of amides is 1. The molecular weight excluding hydrogens is 450 g/mol. The molecule has 34 heavy (non-hydrogen) atoms. The molecule has 1 heterocycles. The van der Waals surface area contributed by atoms with Gasteiger partial charge >= 0.3 is 12.1 Å². The number of carbonyl (C=O) groups is 2. The van der Waals surface area contributed by atoms with Gasteiger partial charge in [0.1, 0.15) is 11.4 Å². The second-order valence-electron chi connectivity index (χ2n) is 8.71. The Balaban J connectivity index is 1.92. The number of phenolic OH excluding ortho intramolecular Hbond substituents is 1. The molecule has 0 aliphatic heterocycles. The van der Waals surface area contributed by atoms with Gasteiger partial charge in [-0.3, -0.25) is 4.79 Å². The fraction of sp³-hybridized carbons (Fsp3) is 0.292. The maximum absolute atomic E-state index is 14.6. The lowest BCUT2D eigenvalue weighted by molar-refractivity contribution is 0.0233. The predicted molar refractivity (Wildman–Crippen MR) is 120 cm³/mol. The van der Waals surface area contributed by atoms with E-state index in [0.717, 1.165) is 12.1 Å². The van der Waals surface area contributed by atoms with Gasteiger partial charge in [-0.25, -0.2) is 18.4 Å². The van der Waals surface area contributed by atoms with Crippen LogP contribution in [0.5, 0.6) is 5.75 Å². The van der Waals surface area contributed by atoms with Crippen LogP contribution >= 0.6 is 0 Å². The van der Waals surface area contributed by atoms with E-state index >= 15 is 0 Å². The third kappa shape index (κ3) is 5.51. The number of aromatic nitrogens is 1. The molecule has 10 heteroatoms. The fourth-order valence-corrected chi connectivity index (χ4v) is 3.41. The number of H-pyrrole nitrogens is 1.